The minimum Gasteiger partial charge on any atom is -0.351 e. The Kier molecular flexibility index (Phi) is 7.02. The topological polar surface area (TPSA) is 93.1 Å². The van der Waals surface area contributed by atoms with Crippen LogP contribution >= 0.6 is 0 Å². The summed E-state index contributed by atoms with van der Waals surface area (Å²) in [5, 5.41) is 7.04. The SMILES string of the molecule is CCc1c(C(=O)NCCS(=O)(=O)NCc2ccccc2)cnn1-c1ccc(C)cc1. The van der Waals surface area contributed by atoms with E-state index >= 15 is 0 Å². The fourth-order valence-electron chi connectivity index (χ4n) is 3.07. The number of benzene rings is 2. The van der Waals surface area contributed by atoms with Crippen LogP contribution in [0.25, 0.3) is 5.69 Å². The Morgan fingerprint density at radius 3 is 2.43 bits per heavy atom. The molecule has 0 atom stereocenters. The molecule has 3 aromatic rings. The van der Waals surface area contributed by atoms with Crippen LogP contribution in [0.5, 0.6) is 0 Å². The first kappa shape index (κ1) is 21.7. The highest BCUT2D eigenvalue weighted by Crippen LogP contribution is 2.16. The third-order valence-corrected chi connectivity index (χ3v) is 6.05. The molecule has 158 valence electrons. The van der Waals surface area contributed by atoms with Gasteiger partial charge in [0.1, 0.15) is 0 Å². The largest absolute Gasteiger partial charge is 0.351 e. The maximum atomic E-state index is 12.6. The Hall–Kier alpha value is -2.97. The monoisotopic (exact) mass is 426 g/mol. The van der Waals surface area contributed by atoms with Crippen LogP contribution < -0.4 is 10.0 Å². The van der Waals surface area contributed by atoms with Crippen LogP contribution in [0.1, 0.15) is 34.1 Å². The van der Waals surface area contributed by atoms with Gasteiger partial charge in [-0.2, -0.15) is 5.10 Å². The van der Waals surface area contributed by atoms with Gasteiger partial charge in [-0.1, -0.05) is 55.0 Å². The molecule has 7 nitrogen and oxygen atoms in total. The Labute approximate surface area is 177 Å². The summed E-state index contributed by atoms with van der Waals surface area (Å²) in [7, 11) is -3.50. The van der Waals surface area contributed by atoms with Gasteiger partial charge in [-0.25, -0.2) is 17.8 Å². The number of hydrogen-bond donors (Lipinski definition) is 2. The van der Waals surface area contributed by atoms with Crippen molar-refractivity contribution in [3.05, 3.63) is 83.2 Å². The van der Waals surface area contributed by atoms with Crippen LogP contribution in [0.3, 0.4) is 0 Å². The van der Waals surface area contributed by atoms with Crippen molar-refractivity contribution in [3.8, 4) is 5.69 Å². The van der Waals surface area contributed by atoms with Crippen molar-refractivity contribution in [3.63, 3.8) is 0 Å². The van der Waals surface area contributed by atoms with Crippen molar-refractivity contribution >= 4 is 15.9 Å². The molecular formula is C22H26N4O3S. The summed E-state index contributed by atoms with van der Waals surface area (Å²) < 4.78 is 28.7. The first-order chi connectivity index (χ1) is 14.4. The fraction of sp³-hybridized carbons (Fsp3) is 0.273. The average Bonchev–Trinajstić information content (AvgIpc) is 3.18. The van der Waals surface area contributed by atoms with Gasteiger partial charge < -0.3 is 5.32 Å². The van der Waals surface area contributed by atoms with E-state index in [1.54, 1.807) is 4.68 Å². The standard InChI is InChI=1S/C22H26N4O3S/c1-3-21-20(16-24-26(21)19-11-9-17(2)10-12-19)22(27)23-13-14-30(28,29)25-15-18-7-5-4-6-8-18/h4-12,16,25H,3,13-15H2,1-2H3,(H,23,27). The maximum Gasteiger partial charge on any atom is 0.254 e. The number of carbonyl (C=O) groups is 1. The number of aromatic nitrogens is 2. The molecule has 2 N–H and O–H groups in total. The lowest BCUT2D eigenvalue weighted by Gasteiger charge is -2.10. The van der Waals surface area contributed by atoms with Crippen molar-refractivity contribution in [1.82, 2.24) is 19.8 Å². The number of nitrogens with one attached hydrogen (secondary N) is 2. The summed E-state index contributed by atoms with van der Waals surface area (Å²) in [6.07, 6.45) is 2.14. The molecule has 1 aromatic heterocycles. The number of sulfonamides is 1. The van der Waals surface area contributed by atoms with Gasteiger partial charge in [-0.15, -0.1) is 0 Å². The molecule has 3 rings (SSSR count). The van der Waals surface area contributed by atoms with Crippen molar-refractivity contribution in [2.24, 2.45) is 0 Å². The van der Waals surface area contributed by atoms with E-state index in [-0.39, 0.29) is 24.7 Å². The Bertz CT molecular complexity index is 1090. The van der Waals surface area contributed by atoms with Gasteiger partial charge in [0.25, 0.3) is 5.91 Å². The van der Waals surface area contributed by atoms with Gasteiger partial charge >= 0.3 is 0 Å². The van der Waals surface area contributed by atoms with E-state index in [2.05, 4.69) is 15.1 Å². The van der Waals surface area contributed by atoms with Crippen LogP contribution in [0.15, 0.2) is 60.8 Å². The molecule has 0 fully saturated rings. The highest BCUT2D eigenvalue weighted by Gasteiger charge is 2.18. The molecule has 0 aliphatic carbocycles. The van der Waals surface area contributed by atoms with Crippen LogP contribution in [0.2, 0.25) is 0 Å². The smallest absolute Gasteiger partial charge is 0.254 e. The van der Waals surface area contributed by atoms with Gasteiger partial charge in [0.05, 0.1) is 28.9 Å². The third kappa shape index (κ3) is 5.55. The second-order valence-electron chi connectivity index (χ2n) is 6.99. The van der Waals surface area contributed by atoms with Crippen molar-refractivity contribution in [2.45, 2.75) is 26.8 Å². The lowest BCUT2D eigenvalue weighted by molar-refractivity contribution is 0.0955. The molecule has 0 radical (unpaired) electrons. The lowest BCUT2D eigenvalue weighted by Crippen LogP contribution is -2.34. The second kappa shape index (κ2) is 9.69. The summed E-state index contributed by atoms with van der Waals surface area (Å²) in [6.45, 7) is 4.20. The zero-order valence-electron chi connectivity index (χ0n) is 17.1. The molecule has 1 heterocycles. The van der Waals surface area contributed by atoms with Crippen molar-refractivity contribution in [2.75, 3.05) is 12.3 Å². The summed E-state index contributed by atoms with van der Waals surface area (Å²) in [4.78, 5) is 12.6. The number of amides is 1. The van der Waals surface area contributed by atoms with Gasteiger partial charge in [0.2, 0.25) is 10.0 Å². The highest BCUT2D eigenvalue weighted by atomic mass is 32.2. The van der Waals surface area contributed by atoms with E-state index in [0.717, 1.165) is 22.5 Å². The zero-order chi connectivity index (χ0) is 21.6. The maximum absolute atomic E-state index is 12.6. The predicted molar refractivity (Wildman–Crippen MR) is 117 cm³/mol. The first-order valence-electron chi connectivity index (χ1n) is 9.83. The molecule has 0 spiro atoms. The first-order valence-corrected chi connectivity index (χ1v) is 11.5. The van der Waals surface area contributed by atoms with Crippen LogP contribution in [-0.2, 0) is 23.0 Å². The average molecular weight is 427 g/mol. The second-order valence-corrected chi connectivity index (χ2v) is 8.91. The fourth-order valence-corrected chi connectivity index (χ4v) is 3.97. The Morgan fingerprint density at radius 1 is 1.07 bits per heavy atom. The number of rotatable bonds is 9. The van der Waals surface area contributed by atoms with Crippen LogP contribution in [0, 0.1) is 6.92 Å². The van der Waals surface area contributed by atoms with E-state index in [1.807, 2.05) is 68.4 Å². The van der Waals surface area contributed by atoms with Crippen LogP contribution in [-0.4, -0.2) is 36.4 Å². The number of carbonyl (C=O) groups excluding carboxylic acids is 1. The molecular weight excluding hydrogens is 400 g/mol. The van der Waals surface area contributed by atoms with Gasteiger partial charge in [0, 0.05) is 13.1 Å². The summed E-state index contributed by atoms with van der Waals surface area (Å²) in [5.74, 6) is -0.525. The van der Waals surface area contributed by atoms with E-state index < -0.39 is 10.0 Å². The molecule has 0 saturated carbocycles. The minimum atomic E-state index is -3.50. The molecule has 0 aliphatic rings. The molecule has 2 aromatic carbocycles. The summed E-state index contributed by atoms with van der Waals surface area (Å²) >= 11 is 0. The number of hydrogen-bond acceptors (Lipinski definition) is 4. The molecule has 0 bridgehead atoms. The Balaban J connectivity index is 1.59. The summed E-state index contributed by atoms with van der Waals surface area (Å²) in [5.41, 5.74) is 4.13. The van der Waals surface area contributed by atoms with Gasteiger partial charge in [-0.05, 0) is 31.0 Å². The van der Waals surface area contributed by atoms with Crippen molar-refractivity contribution in [1.29, 1.82) is 0 Å². The molecule has 0 unspecified atom stereocenters. The summed E-state index contributed by atoms with van der Waals surface area (Å²) in [6, 6.07) is 17.2. The van der Waals surface area contributed by atoms with E-state index in [1.165, 1.54) is 6.20 Å². The minimum absolute atomic E-state index is 0.0157. The highest BCUT2D eigenvalue weighted by molar-refractivity contribution is 7.89. The van der Waals surface area contributed by atoms with Gasteiger partial charge in [-0.3, -0.25) is 4.79 Å². The number of aryl methyl sites for hydroxylation is 1. The zero-order valence-corrected chi connectivity index (χ0v) is 17.9. The van der Waals surface area contributed by atoms with Crippen LogP contribution in [0.4, 0.5) is 0 Å². The molecule has 0 saturated heterocycles. The van der Waals surface area contributed by atoms with Gasteiger partial charge in [0.15, 0.2) is 0 Å². The van der Waals surface area contributed by atoms with E-state index in [0.29, 0.717) is 12.0 Å². The van der Waals surface area contributed by atoms with E-state index in [4.69, 9.17) is 0 Å². The quantitative estimate of drug-likeness (QED) is 0.550. The number of nitrogens with zero attached hydrogens (tertiary/aromatic N) is 2. The Morgan fingerprint density at radius 2 is 1.77 bits per heavy atom. The molecule has 1 amide bonds. The molecule has 0 aliphatic heterocycles. The molecule has 30 heavy (non-hydrogen) atoms. The van der Waals surface area contributed by atoms with E-state index in [9.17, 15) is 13.2 Å². The lowest BCUT2D eigenvalue weighted by atomic mass is 10.1. The third-order valence-electron chi connectivity index (χ3n) is 4.72. The van der Waals surface area contributed by atoms with Crippen molar-refractivity contribution < 1.29 is 13.2 Å². The normalized spacial score (nSPS) is 11.4. The predicted octanol–water partition coefficient (Wildman–Crippen LogP) is 2.59. The molecule has 8 heteroatoms.